The third-order valence-corrected chi connectivity index (χ3v) is 2.90. The highest BCUT2D eigenvalue weighted by Crippen LogP contribution is 2.14. The Morgan fingerprint density at radius 1 is 1.41 bits per heavy atom. The van der Waals surface area contributed by atoms with Crippen LogP contribution < -0.4 is 10.6 Å². The molecule has 0 unspecified atom stereocenters. The number of unbranched alkanes of at least 4 members (excludes halogenated alkanes) is 1. The first-order chi connectivity index (χ1) is 8.02. The number of carbonyl (C=O) groups is 1. The van der Waals surface area contributed by atoms with Crippen LogP contribution in [0.2, 0.25) is 0 Å². The van der Waals surface area contributed by atoms with E-state index in [4.69, 9.17) is 4.74 Å². The maximum absolute atomic E-state index is 11.5. The highest BCUT2D eigenvalue weighted by molar-refractivity contribution is 5.77. The van der Waals surface area contributed by atoms with Crippen LogP contribution in [-0.2, 0) is 9.53 Å². The van der Waals surface area contributed by atoms with Crippen molar-refractivity contribution < 1.29 is 9.53 Å². The largest absolute Gasteiger partial charge is 0.363 e. The molecular formula is C12H25N3O2. The molecule has 5 nitrogen and oxygen atoms in total. The van der Waals surface area contributed by atoms with Crippen LogP contribution in [0.25, 0.3) is 0 Å². The Morgan fingerprint density at radius 2 is 2.12 bits per heavy atom. The fourth-order valence-electron chi connectivity index (χ4n) is 1.65. The Bertz CT molecular complexity index is 240. The van der Waals surface area contributed by atoms with Crippen molar-refractivity contribution in [2.24, 2.45) is 0 Å². The number of carbonyl (C=O) groups excluding carboxylic acids is 1. The Kier molecular flexibility index (Phi) is 5.88. The Balaban J connectivity index is 1.94. The van der Waals surface area contributed by atoms with Gasteiger partial charge < -0.3 is 20.3 Å². The van der Waals surface area contributed by atoms with Gasteiger partial charge in [0.15, 0.2) is 0 Å². The van der Waals surface area contributed by atoms with Crippen molar-refractivity contribution in [2.75, 3.05) is 46.9 Å². The molecule has 1 rings (SSSR count). The van der Waals surface area contributed by atoms with E-state index in [1.807, 2.05) is 6.92 Å². The second-order valence-corrected chi connectivity index (χ2v) is 5.20. The maximum Gasteiger partial charge on any atom is 0.246 e. The Labute approximate surface area is 104 Å². The topological polar surface area (TPSA) is 53.6 Å². The van der Waals surface area contributed by atoms with E-state index in [0.717, 1.165) is 39.0 Å². The van der Waals surface area contributed by atoms with Gasteiger partial charge in [-0.25, -0.2) is 0 Å². The molecule has 2 N–H and O–H groups in total. The van der Waals surface area contributed by atoms with E-state index in [2.05, 4.69) is 29.6 Å². The molecule has 0 spiro atoms. The van der Waals surface area contributed by atoms with Crippen molar-refractivity contribution in [3.05, 3.63) is 0 Å². The fraction of sp³-hybridized carbons (Fsp3) is 0.917. The summed E-state index contributed by atoms with van der Waals surface area (Å²) in [5.41, 5.74) is -0.137. The molecule has 1 heterocycles. The van der Waals surface area contributed by atoms with Gasteiger partial charge in [-0.05, 0) is 40.4 Å². The average Bonchev–Trinajstić information content (AvgIpc) is 2.23. The summed E-state index contributed by atoms with van der Waals surface area (Å²) in [6.45, 7) is 5.67. The van der Waals surface area contributed by atoms with Crippen molar-refractivity contribution in [3.8, 4) is 0 Å². The number of amides is 1. The normalized spacial score (nSPS) is 17.9. The summed E-state index contributed by atoms with van der Waals surface area (Å²) in [5, 5.41) is 6.01. The van der Waals surface area contributed by atoms with Crippen molar-refractivity contribution in [3.63, 3.8) is 0 Å². The van der Waals surface area contributed by atoms with E-state index in [-0.39, 0.29) is 18.1 Å². The molecule has 0 saturated carbocycles. The summed E-state index contributed by atoms with van der Waals surface area (Å²) in [7, 11) is 4.11. The lowest BCUT2D eigenvalue weighted by Gasteiger charge is -2.38. The SMILES string of the molecule is CN(C)CCCCNC(=O)COC1(C)CNC1. The highest BCUT2D eigenvalue weighted by Gasteiger charge is 2.32. The van der Waals surface area contributed by atoms with Gasteiger partial charge in [-0.3, -0.25) is 4.79 Å². The Morgan fingerprint density at radius 3 is 2.65 bits per heavy atom. The Hall–Kier alpha value is -0.650. The van der Waals surface area contributed by atoms with Crippen molar-refractivity contribution >= 4 is 5.91 Å². The monoisotopic (exact) mass is 243 g/mol. The van der Waals surface area contributed by atoms with Gasteiger partial charge in [0, 0.05) is 19.6 Å². The van der Waals surface area contributed by atoms with Crippen LogP contribution >= 0.6 is 0 Å². The predicted octanol–water partition coefficient (Wildman–Crippen LogP) is -0.177. The molecule has 0 radical (unpaired) electrons. The highest BCUT2D eigenvalue weighted by atomic mass is 16.5. The summed E-state index contributed by atoms with van der Waals surface area (Å²) in [4.78, 5) is 13.6. The third kappa shape index (κ3) is 6.00. The molecule has 0 bridgehead atoms. The maximum atomic E-state index is 11.5. The summed E-state index contributed by atoms with van der Waals surface area (Å²) in [6.07, 6.45) is 2.12. The van der Waals surface area contributed by atoms with Crippen LogP contribution in [-0.4, -0.2) is 63.3 Å². The lowest BCUT2D eigenvalue weighted by molar-refractivity contribution is -0.135. The molecule has 0 atom stereocenters. The van der Waals surface area contributed by atoms with Crippen LogP contribution in [0.15, 0.2) is 0 Å². The summed E-state index contributed by atoms with van der Waals surface area (Å²) in [5.74, 6) is -0.0111. The zero-order chi connectivity index (χ0) is 12.7. The van der Waals surface area contributed by atoms with Crippen molar-refractivity contribution in [1.29, 1.82) is 0 Å². The molecule has 5 heteroatoms. The first-order valence-corrected chi connectivity index (χ1v) is 6.28. The molecule has 1 fully saturated rings. The molecular weight excluding hydrogens is 218 g/mol. The molecule has 100 valence electrons. The minimum absolute atomic E-state index is 0.0111. The van der Waals surface area contributed by atoms with Crippen molar-refractivity contribution in [2.45, 2.75) is 25.4 Å². The molecule has 0 aromatic heterocycles. The summed E-state index contributed by atoms with van der Waals surface area (Å²) < 4.78 is 5.54. The first kappa shape index (κ1) is 14.4. The standard InChI is InChI=1S/C12H25N3O2/c1-12(9-13-10-12)17-8-11(16)14-6-4-5-7-15(2)3/h13H,4-10H2,1-3H3,(H,14,16). The van der Waals surface area contributed by atoms with Crippen molar-refractivity contribution in [1.82, 2.24) is 15.5 Å². The molecule has 1 saturated heterocycles. The van der Waals surface area contributed by atoms with E-state index < -0.39 is 0 Å². The van der Waals surface area contributed by atoms with E-state index in [1.54, 1.807) is 0 Å². The zero-order valence-electron chi connectivity index (χ0n) is 11.2. The number of nitrogens with one attached hydrogen (secondary N) is 2. The lowest BCUT2D eigenvalue weighted by atomic mass is 10.0. The minimum Gasteiger partial charge on any atom is -0.363 e. The van der Waals surface area contributed by atoms with E-state index >= 15 is 0 Å². The fourth-order valence-corrected chi connectivity index (χ4v) is 1.65. The van der Waals surface area contributed by atoms with Gasteiger partial charge in [0.05, 0.1) is 5.60 Å². The molecule has 17 heavy (non-hydrogen) atoms. The number of ether oxygens (including phenoxy) is 1. The van der Waals surface area contributed by atoms with Gasteiger partial charge in [0.25, 0.3) is 0 Å². The first-order valence-electron chi connectivity index (χ1n) is 6.28. The number of nitrogens with zero attached hydrogens (tertiary/aromatic N) is 1. The molecule has 0 aliphatic carbocycles. The third-order valence-electron chi connectivity index (χ3n) is 2.90. The van der Waals surface area contributed by atoms with Gasteiger partial charge in [0.2, 0.25) is 5.91 Å². The number of hydrogen-bond acceptors (Lipinski definition) is 4. The molecule has 1 amide bonds. The number of hydrogen-bond donors (Lipinski definition) is 2. The summed E-state index contributed by atoms with van der Waals surface area (Å²) >= 11 is 0. The van der Waals surface area contributed by atoms with Crippen LogP contribution in [0.4, 0.5) is 0 Å². The second kappa shape index (κ2) is 6.93. The minimum atomic E-state index is -0.137. The van der Waals surface area contributed by atoms with Gasteiger partial charge in [0.1, 0.15) is 6.61 Å². The quantitative estimate of drug-likeness (QED) is 0.581. The molecule has 0 aromatic carbocycles. The molecule has 1 aliphatic rings. The van der Waals surface area contributed by atoms with Crippen LogP contribution in [0.1, 0.15) is 19.8 Å². The average molecular weight is 243 g/mol. The van der Waals surface area contributed by atoms with E-state index in [0.29, 0.717) is 0 Å². The number of rotatable bonds is 8. The van der Waals surface area contributed by atoms with Gasteiger partial charge in [-0.2, -0.15) is 0 Å². The van der Waals surface area contributed by atoms with Crippen LogP contribution in [0.5, 0.6) is 0 Å². The van der Waals surface area contributed by atoms with Gasteiger partial charge in [-0.1, -0.05) is 0 Å². The lowest BCUT2D eigenvalue weighted by Crippen LogP contribution is -2.59. The van der Waals surface area contributed by atoms with E-state index in [9.17, 15) is 4.79 Å². The smallest absolute Gasteiger partial charge is 0.246 e. The van der Waals surface area contributed by atoms with Gasteiger partial charge >= 0.3 is 0 Å². The van der Waals surface area contributed by atoms with Crippen LogP contribution in [0.3, 0.4) is 0 Å². The zero-order valence-corrected chi connectivity index (χ0v) is 11.2. The van der Waals surface area contributed by atoms with Gasteiger partial charge in [-0.15, -0.1) is 0 Å². The molecule has 0 aromatic rings. The second-order valence-electron chi connectivity index (χ2n) is 5.20. The van der Waals surface area contributed by atoms with E-state index in [1.165, 1.54) is 0 Å². The van der Waals surface area contributed by atoms with Crippen LogP contribution in [0, 0.1) is 0 Å². The summed E-state index contributed by atoms with van der Waals surface area (Å²) in [6, 6.07) is 0. The predicted molar refractivity (Wildman–Crippen MR) is 68.0 cm³/mol. The molecule has 1 aliphatic heterocycles.